The van der Waals surface area contributed by atoms with Crippen LogP contribution in [0.5, 0.6) is 0 Å². The minimum Gasteiger partial charge on any atom is -0.355 e. The van der Waals surface area contributed by atoms with E-state index in [1.807, 2.05) is 42.5 Å². The second-order valence-corrected chi connectivity index (χ2v) is 4.78. The molecule has 0 amide bonds. The molecular formula is C13H8INO. The van der Waals surface area contributed by atoms with Gasteiger partial charge < -0.3 is 4.52 Å². The van der Waals surface area contributed by atoms with Crippen molar-refractivity contribution in [3.05, 3.63) is 52.1 Å². The Morgan fingerprint density at radius 1 is 1.00 bits per heavy atom. The van der Waals surface area contributed by atoms with Gasteiger partial charge in [0.25, 0.3) is 0 Å². The molecule has 0 aliphatic carbocycles. The van der Waals surface area contributed by atoms with E-state index in [1.54, 1.807) is 0 Å². The van der Waals surface area contributed by atoms with Crippen LogP contribution < -0.4 is 0 Å². The summed E-state index contributed by atoms with van der Waals surface area (Å²) in [6.07, 6.45) is 0. The van der Waals surface area contributed by atoms with Crippen molar-refractivity contribution in [2.24, 2.45) is 0 Å². The highest BCUT2D eigenvalue weighted by molar-refractivity contribution is 14.1. The van der Waals surface area contributed by atoms with Gasteiger partial charge in [-0.05, 0) is 40.8 Å². The number of fused-ring (bicyclic) bond motifs is 1. The molecule has 0 atom stereocenters. The van der Waals surface area contributed by atoms with Crippen molar-refractivity contribution in [2.45, 2.75) is 0 Å². The molecule has 0 aliphatic rings. The Balaban J connectivity index is 2.29. The monoisotopic (exact) mass is 321 g/mol. The van der Waals surface area contributed by atoms with Crippen molar-refractivity contribution in [3.63, 3.8) is 0 Å². The second kappa shape index (κ2) is 3.90. The van der Waals surface area contributed by atoms with Crippen LogP contribution in [0.25, 0.3) is 22.2 Å². The third kappa shape index (κ3) is 1.61. The van der Waals surface area contributed by atoms with Crippen LogP contribution in [-0.4, -0.2) is 5.16 Å². The summed E-state index contributed by atoms with van der Waals surface area (Å²) in [6, 6.07) is 16.1. The van der Waals surface area contributed by atoms with Gasteiger partial charge in [0.15, 0.2) is 5.76 Å². The van der Waals surface area contributed by atoms with Crippen LogP contribution in [0.2, 0.25) is 0 Å². The molecule has 16 heavy (non-hydrogen) atoms. The van der Waals surface area contributed by atoms with Crippen LogP contribution >= 0.6 is 22.6 Å². The average Bonchev–Trinajstić information content (AvgIpc) is 2.73. The SMILES string of the molecule is Ic1ccc2noc(-c3ccccc3)c2c1. The minimum absolute atomic E-state index is 0.842. The molecule has 0 bridgehead atoms. The van der Waals surface area contributed by atoms with Gasteiger partial charge >= 0.3 is 0 Å². The average molecular weight is 321 g/mol. The van der Waals surface area contributed by atoms with E-state index in [2.05, 4.69) is 33.8 Å². The number of hydrogen-bond acceptors (Lipinski definition) is 2. The van der Waals surface area contributed by atoms with Crippen molar-refractivity contribution < 1.29 is 4.52 Å². The van der Waals surface area contributed by atoms with Gasteiger partial charge in [0.05, 0.1) is 5.39 Å². The third-order valence-electron chi connectivity index (χ3n) is 2.47. The number of aromatic nitrogens is 1. The predicted octanol–water partition coefficient (Wildman–Crippen LogP) is 4.10. The van der Waals surface area contributed by atoms with Gasteiger partial charge in [-0.15, -0.1) is 0 Å². The van der Waals surface area contributed by atoms with Crippen LogP contribution in [-0.2, 0) is 0 Å². The predicted molar refractivity (Wildman–Crippen MR) is 72.2 cm³/mol. The summed E-state index contributed by atoms with van der Waals surface area (Å²) >= 11 is 2.29. The van der Waals surface area contributed by atoms with Crippen molar-refractivity contribution in [1.82, 2.24) is 5.16 Å². The molecule has 2 aromatic carbocycles. The molecule has 0 spiro atoms. The topological polar surface area (TPSA) is 26.0 Å². The molecule has 0 aliphatic heterocycles. The zero-order valence-electron chi connectivity index (χ0n) is 8.35. The van der Waals surface area contributed by atoms with Crippen molar-refractivity contribution >= 4 is 33.5 Å². The van der Waals surface area contributed by atoms with E-state index in [0.717, 1.165) is 22.2 Å². The van der Waals surface area contributed by atoms with Crippen molar-refractivity contribution in [3.8, 4) is 11.3 Å². The van der Waals surface area contributed by atoms with Gasteiger partial charge in [0.1, 0.15) is 5.52 Å². The third-order valence-corrected chi connectivity index (χ3v) is 3.15. The normalized spacial score (nSPS) is 10.8. The molecule has 3 rings (SSSR count). The number of halogens is 1. The van der Waals surface area contributed by atoms with Crippen LogP contribution in [0.3, 0.4) is 0 Å². The van der Waals surface area contributed by atoms with Crippen molar-refractivity contribution in [2.75, 3.05) is 0 Å². The Labute approximate surface area is 106 Å². The summed E-state index contributed by atoms with van der Waals surface area (Å²) < 4.78 is 6.59. The Kier molecular flexibility index (Phi) is 2.40. The Bertz CT molecular complexity index is 631. The minimum atomic E-state index is 0.842. The first-order valence-corrected chi connectivity index (χ1v) is 6.03. The second-order valence-electron chi connectivity index (χ2n) is 3.54. The van der Waals surface area contributed by atoms with Gasteiger partial charge in [-0.25, -0.2) is 0 Å². The summed E-state index contributed by atoms with van der Waals surface area (Å²) in [7, 11) is 0. The molecule has 0 saturated carbocycles. The zero-order chi connectivity index (χ0) is 11.0. The quantitative estimate of drug-likeness (QED) is 0.631. The highest BCUT2D eigenvalue weighted by atomic mass is 127. The molecule has 3 aromatic rings. The Morgan fingerprint density at radius 3 is 2.62 bits per heavy atom. The lowest BCUT2D eigenvalue weighted by Crippen LogP contribution is -1.75. The molecule has 0 fully saturated rings. The maximum atomic E-state index is 5.40. The molecule has 0 saturated heterocycles. The van der Waals surface area contributed by atoms with E-state index in [0.29, 0.717) is 0 Å². The van der Waals surface area contributed by atoms with Gasteiger partial charge in [-0.1, -0.05) is 35.5 Å². The fourth-order valence-electron chi connectivity index (χ4n) is 1.71. The Morgan fingerprint density at radius 2 is 1.81 bits per heavy atom. The van der Waals surface area contributed by atoms with Crippen LogP contribution in [0.15, 0.2) is 53.1 Å². The fraction of sp³-hybridized carbons (Fsp3) is 0. The largest absolute Gasteiger partial charge is 0.355 e. The highest BCUT2D eigenvalue weighted by Gasteiger charge is 2.09. The van der Waals surface area contributed by atoms with Crippen molar-refractivity contribution in [1.29, 1.82) is 0 Å². The van der Waals surface area contributed by atoms with Crippen LogP contribution in [0.4, 0.5) is 0 Å². The lowest BCUT2D eigenvalue weighted by molar-refractivity contribution is 0.441. The number of rotatable bonds is 1. The van der Waals surface area contributed by atoms with Gasteiger partial charge in [0.2, 0.25) is 0 Å². The van der Waals surface area contributed by atoms with Crippen LogP contribution in [0, 0.1) is 3.57 Å². The first-order chi connectivity index (χ1) is 7.84. The highest BCUT2D eigenvalue weighted by Crippen LogP contribution is 2.29. The fourth-order valence-corrected chi connectivity index (χ4v) is 2.20. The zero-order valence-corrected chi connectivity index (χ0v) is 10.5. The number of nitrogens with zero attached hydrogens (tertiary/aromatic N) is 1. The molecule has 2 nitrogen and oxygen atoms in total. The number of benzene rings is 2. The first kappa shape index (κ1) is 9.84. The van der Waals surface area contributed by atoms with Gasteiger partial charge in [-0.3, -0.25) is 0 Å². The molecule has 78 valence electrons. The van der Waals surface area contributed by atoms with E-state index in [1.165, 1.54) is 3.57 Å². The molecule has 1 aromatic heterocycles. The smallest absolute Gasteiger partial charge is 0.174 e. The summed E-state index contributed by atoms with van der Waals surface area (Å²) in [5.74, 6) is 0.842. The van der Waals surface area contributed by atoms with Crippen LogP contribution in [0.1, 0.15) is 0 Å². The molecule has 0 N–H and O–H groups in total. The number of hydrogen-bond donors (Lipinski definition) is 0. The van der Waals surface area contributed by atoms with Gasteiger partial charge in [0, 0.05) is 9.13 Å². The lowest BCUT2D eigenvalue weighted by Gasteiger charge is -1.95. The summed E-state index contributed by atoms with van der Waals surface area (Å²) in [6.45, 7) is 0. The van der Waals surface area contributed by atoms with E-state index in [-0.39, 0.29) is 0 Å². The van der Waals surface area contributed by atoms with E-state index in [9.17, 15) is 0 Å². The first-order valence-electron chi connectivity index (χ1n) is 4.95. The molecule has 1 heterocycles. The van der Waals surface area contributed by atoms with E-state index >= 15 is 0 Å². The lowest BCUT2D eigenvalue weighted by atomic mass is 10.1. The summed E-state index contributed by atoms with van der Waals surface area (Å²) in [5.41, 5.74) is 1.96. The molecule has 0 unspecified atom stereocenters. The molecule has 3 heteroatoms. The maximum Gasteiger partial charge on any atom is 0.174 e. The molecular weight excluding hydrogens is 313 g/mol. The molecule has 0 radical (unpaired) electrons. The summed E-state index contributed by atoms with van der Waals surface area (Å²) in [5, 5.41) is 5.13. The standard InChI is InChI=1S/C13H8INO/c14-10-6-7-12-11(8-10)13(16-15-12)9-4-2-1-3-5-9/h1-8H. The Hall–Kier alpha value is -1.36. The summed E-state index contributed by atoms with van der Waals surface area (Å²) in [4.78, 5) is 0. The van der Waals surface area contributed by atoms with E-state index < -0.39 is 0 Å². The maximum absolute atomic E-state index is 5.40. The van der Waals surface area contributed by atoms with Gasteiger partial charge in [-0.2, -0.15) is 0 Å². The van der Waals surface area contributed by atoms with E-state index in [4.69, 9.17) is 4.52 Å².